The highest BCUT2D eigenvalue weighted by atomic mass is 16.1. The lowest BCUT2D eigenvalue weighted by atomic mass is 9.85. The van der Waals surface area contributed by atoms with Gasteiger partial charge in [0.25, 0.3) is 0 Å². The van der Waals surface area contributed by atoms with Gasteiger partial charge < -0.3 is 16.0 Å². The fourth-order valence-electron chi connectivity index (χ4n) is 1.94. The fraction of sp³-hybridized carbons (Fsp3) is 0.923. The summed E-state index contributed by atoms with van der Waals surface area (Å²) in [6.45, 7) is 10.3. The number of likely N-dealkylation sites (tertiary alicyclic amines) is 1. The first-order valence-corrected chi connectivity index (χ1v) is 6.64. The van der Waals surface area contributed by atoms with E-state index in [4.69, 9.17) is 5.73 Å². The Kier molecular flexibility index (Phi) is 5.40. The molecular formula is C13H27N3O. The molecule has 0 aromatic heterocycles. The van der Waals surface area contributed by atoms with Crippen molar-refractivity contribution in [3.63, 3.8) is 0 Å². The van der Waals surface area contributed by atoms with E-state index in [1.807, 2.05) is 0 Å². The predicted molar refractivity (Wildman–Crippen MR) is 70.7 cm³/mol. The van der Waals surface area contributed by atoms with E-state index < -0.39 is 0 Å². The van der Waals surface area contributed by atoms with Gasteiger partial charge in [0.1, 0.15) is 0 Å². The first-order chi connectivity index (χ1) is 7.89. The summed E-state index contributed by atoms with van der Waals surface area (Å²) in [5.41, 5.74) is 5.97. The van der Waals surface area contributed by atoms with Crippen LogP contribution in [0.25, 0.3) is 0 Å². The van der Waals surface area contributed by atoms with Gasteiger partial charge >= 0.3 is 0 Å². The summed E-state index contributed by atoms with van der Waals surface area (Å²) in [5.74, 6) is 0.0756. The van der Waals surface area contributed by atoms with E-state index in [0.29, 0.717) is 6.42 Å². The molecule has 0 aromatic rings. The van der Waals surface area contributed by atoms with Crippen molar-refractivity contribution in [1.82, 2.24) is 10.2 Å². The third-order valence-electron chi connectivity index (χ3n) is 3.47. The second-order valence-corrected chi connectivity index (χ2v) is 6.08. The summed E-state index contributed by atoms with van der Waals surface area (Å²) < 4.78 is 0. The van der Waals surface area contributed by atoms with E-state index in [1.165, 1.54) is 25.9 Å². The monoisotopic (exact) mass is 241 g/mol. The maximum absolute atomic E-state index is 11.7. The highest BCUT2D eigenvalue weighted by Crippen LogP contribution is 2.19. The molecular weight excluding hydrogens is 214 g/mol. The van der Waals surface area contributed by atoms with Gasteiger partial charge in [-0.25, -0.2) is 0 Å². The lowest BCUT2D eigenvalue weighted by Gasteiger charge is -2.26. The maximum atomic E-state index is 11.7. The highest BCUT2D eigenvalue weighted by Gasteiger charge is 2.23. The molecule has 1 aliphatic heterocycles. The Labute approximate surface area is 105 Å². The molecule has 17 heavy (non-hydrogen) atoms. The molecule has 0 radical (unpaired) electrons. The minimum atomic E-state index is -0.0747. The summed E-state index contributed by atoms with van der Waals surface area (Å²) in [4.78, 5) is 14.1. The molecule has 1 heterocycles. The number of nitrogens with two attached hydrogens (primary N) is 1. The first-order valence-electron chi connectivity index (χ1n) is 6.64. The standard InChI is InChI=1S/C13H27N3O/c1-13(2,3)11(14)10-12(17)15-6-9-16-7-4-5-8-16/h11H,4-10,14H2,1-3H3,(H,15,17). The summed E-state index contributed by atoms with van der Waals surface area (Å²) >= 11 is 0. The van der Waals surface area contributed by atoms with Crippen molar-refractivity contribution < 1.29 is 4.79 Å². The Morgan fingerprint density at radius 2 is 1.94 bits per heavy atom. The van der Waals surface area contributed by atoms with Crippen LogP contribution in [0.3, 0.4) is 0 Å². The van der Waals surface area contributed by atoms with E-state index in [0.717, 1.165) is 13.1 Å². The number of hydrogen-bond donors (Lipinski definition) is 2. The van der Waals surface area contributed by atoms with Gasteiger partial charge in [0, 0.05) is 25.6 Å². The van der Waals surface area contributed by atoms with Crippen LogP contribution in [-0.2, 0) is 4.79 Å². The Balaban J connectivity index is 2.12. The lowest BCUT2D eigenvalue weighted by molar-refractivity contribution is -0.122. The van der Waals surface area contributed by atoms with Crippen LogP contribution < -0.4 is 11.1 Å². The largest absolute Gasteiger partial charge is 0.355 e. The van der Waals surface area contributed by atoms with Crippen molar-refractivity contribution in [2.24, 2.45) is 11.1 Å². The zero-order chi connectivity index (χ0) is 12.9. The summed E-state index contributed by atoms with van der Waals surface area (Å²) in [5, 5.41) is 2.95. The van der Waals surface area contributed by atoms with Crippen molar-refractivity contribution in [1.29, 1.82) is 0 Å². The van der Waals surface area contributed by atoms with Gasteiger partial charge in [-0.2, -0.15) is 0 Å². The molecule has 0 spiro atoms. The van der Waals surface area contributed by atoms with Crippen molar-refractivity contribution in [2.75, 3.05) is 26.2 Å². The Morgan fingerprint density at radius 3 is 2.47 bits per heavy atom. The Morgan fingerprint density at radius 1 is 1.35 bits per heavy atom. The molecule has 1 amide bonds. The summed E-state index contributed by atoms with van der Waals surface area (Å²) in [7, 11) is 0. The van der Waals surface area contributed by atoms with Gasteiger partial charge in [-0.3, -0.25) is 4.79 Å². The topological polar surface area (TPSA) is 58.4 Å². The van der Waals surface area contributed by atoms with Gasteiger partial charge in [0.2, 0.25) is 5.91 Å². The minimum Gasteiger partial charge on any atom is -0.355 e. The van der Waals surface area contributed by atoms with Crippen LogP contribution in [0.1, 0.15) is 40.0 Å². The molecule has 0 aromatic carbocycles. The van der Waals surface area contributed by atoms with Crippen LogP contribution in [0.15, 0.2) is 0 Å². The number of nitrogens with zero attached hydrogens (tertiary/aromatic N) is 1. The Bertz CT molecular complexity index is 242. The number of amides is 1. The molecule has 3 N–H and O–H groups in total. The van der Waals surface area contributed by atoms with E-state index in [2.05, 4.69) is 31.0 Å². The number of nitrogens with one attached hydrogen (secondary N) is 1. The third-order valence-corrected chi connectivity index (χ3v) is 3.47. The normalized spacial score (nSPS) is 19.3. The number of carbonyl (C=O) groups is 1. The summed E-state index contributed by atoms with van der Waals surface area (Å²) in [6, 6.07) is -0.0747. The minimum absolute atomic E-state index is 0.00765. The molecule has 1 unspecified atom stereocenters. The van der Waals surface area contributed by atoms with Gasteiger partial charge in [0.05, 0.1) is 0 Å². The molecule has 0 aliphatic carbocycles. The zero-order valence-corrected chi connectivity index (χ0v) is 11.5. The average molecular weight is 241 g/mol. The van der Waals surface area contributed by atoms with Gasteiger partial charge in [-0.1, -0.05) is 20.8 Å². The predicted octanol–water partition coefficient (Wildman–Crippen LogP) is 0.962. The van der Waals surface area contributed by atoms with E-state index in [1.54, 1.807) is 0 Å². The summed E-state index contributed by atoms with van der Waals surface area (Å²) in [6.07, 6.45) is 3.01. The number of carbonyl (C=O) groups excluding carboxylic acids is 1. The fourth-order valence-corrected chi connectivity index (χ4v) is 1.94. The molecule has 4 heteroatoms. The van der Waals surface area contributed by atoms with Crippen LogP contribution in [0.4, 0.5) is 0 Å². The first kappa shape index (κ1) is 14.5. The lowest BCUT2D eigenvalue weighted by Crippen LogP contribution is -2.41. The molecule has 1 aliphatic rings. The molecule has 100 valence electrons. The Hall–Kier alpha value is -0.610. The molecule has 1 rings (SSSR count). The number of hydrogen-bond acceptors (Lipinski definition) is 3. The van der Waals surface area contributed by atoms with E-state index >= 15 is 0 Å². The smallest absolute Gasteiger partial charge is 0.221 e. The van der Waals surface area contributed by atoms with Gasteiger partial charge in [-0.15, -0.1) is 0 Å². The zero-order valence-electron chi connectivity index (χ0n) is 11.5. The van der Waals surface area contributed by atoms with Crippen LogP contribution >= 0.6 is 0 Å². The van der Waals surface area contributed by atoms with Crippen molar-refractivity contribution >= 4 is 5.91 Å². The highest BCUT2D eigenvalue weighted by molar-refractivity contribution is 5.76. The molecule has 0 saturated carbocycles. The quantitative estimate of drug-likeness (QED) is 0.754. The van der Waals surface area contributed by atoms with Gasteiger partial charge in [0.15, 0.2) is 0 Å². The van der Waals surface area contributed by atoms with Crippen LogP contribution in [0.2, 0.25) is 0 Å². The van der Waals surface area contributed by atoms with Crippen molar-refractivity contribution in [2.45, 2.75) is 46.1 Å². The van der Waals surface area contributed by atoms with E-state index in [9.17, 15) is 4.79 Å². The van der Waals surface area contributed by atoms with Crippen LogP contribution in [-0.4, -0.2) is 43.0 Å². The molecule has 0 bridgehead atoms. The SMILES string of the molecule is CC(C)(C)C(N)CC(=O)NCCN1CCCC1. The van der Waals surface area contributed by atoms with Gasteiger partial charge in [-0.05, 0) is 31.3 Å². The molecule has 1 fully saturated rings. The molecule has 1 saturated heterocycles. The van der Waals surface area contributed by atoms with Crippen molar-refractivity contribution in [3.05, 3.63) is 0 Å². The number of rotatable bonds is 5. The third kappa shape index (κ3) is 5.50. The molecule has 1 atom stereocenters. The second kappa shape index (κ2) is 6.36. The van der Waals surface area contributed by atoms with Crippen LogP contribution in [0, 0.1) is 5.41 Å². The average Bonchev–Trinajstić information content (AvgIpc) is 2.69. The van der Waals surface area contributed by atoms with Crippen LogP contribution in [0.5, 0.6) is 0 Å². The molecule has 4 nitrogen and oxygen atoms in total. The van der Waals surface area contributed by atoms with E-state index in [-0.39, 0.29) is 17.4 Å². The van der Waals surface area contributed by atoms with Crippen molar-refractivity contribution in [3.8, 4) is 0 Å². The second-order valence-electron chi connectivity index (χ2n) is 6.08. The maximum Gasteiger partial charge on any atom is 0.221 e.